The predicted molar refractivity (Wildman–Crippen MR) is 59.3 cm³/mol. The highest BCUT2D eigenvalue weighted by molar-refractivity contribution is 7.89. The molecule has 0 spiro atoms. The second-order valence-corrected chi connectivity index (χ2v) is 5.96. The topological polar surface area (TPSA) is 58.6 Å². The van der Waals surface area contributed by atoms with Crippen LogP contribution in [-0.4, -0.2) is 58.4 Å². The molecule has 1 aliphatic rings. The summed E-state index contributed by atoms with van der Waals surface area (Å²) >= 11 is 0. The zero-order valence-corrected chi connectivity index (χ0v) is 10.2. The molecule has 1 fully saturated rings. The van der Waals surface area contributed by atoms with Crippen molar-refractivity contribution in [2.45, 2.75) is 18.9 Å². The summed E-state index contributed by atoms with van der Waals surface area (Å²) in [5.41, 5.74) is 0. The highest BCUT2D eigenvalue weighted by atomic mass is 32.2. The number of nitrogens with one attached hydrogen (secondary N) is 1. The van der Waals surface area contributed by atoms with Gasteiger partial charge in [-0.05, 0) is 19.9 Å². The quantitative estimate of drug-likeness (QED) is 0.684. The van der Waals surface area contributed by atoms with Crippen molar-refractivity contribution in [3.05, 3.63) is 0 Å². The lowest BCUT2D eigenvalue weighted by Gasteiger charge is -2.19. The van der Waals surface area contributed by atoms with Crippen LogP contribution >= 0.6 is 0 Å². The third-order valence-electron chi connectivity index (χ3n) is 2.57. The van der Waals surface area contributed by atoms with E-state index in [-0.39, 0.29) is 11.9 Å². The van der Waals surface area contributed by atoms with E-state index in [1.165, 1.54) is 4.31 Å². The van der Waals surface area contributed by atoms with Crippen LogP contribution in [0, 0.1) is 0 Å². The smallest absolute Gasteiger partial charge is 0.216 e. The summed E-state index contributed by atoms with van der Waals surface area (Å²) in [4.78, 5) is 0. The van der Waals surface area contributed by atoms with Crippen molar-refractivity contribution in [3.8, 4) is 0 Å². The second-order valence-electron chi connectivity index (χ2n) is 3.84. The fourth-order valence-electron chi connectivity index (χ4n) is 1.55. The van der Waals surface area contributed by atoms with Gasteiger partial charge in [0.05, 0.1) is 11.9 Å². The van der Waals surface area contributed by atoms with Crippen molar-refractivity contribution in [3.63, 3.8) is 0 Å². The number of rotatable bonds is 6. The molecule has 1 heterocycles. The highest BCUT2D eigenvalue weighted by Crippen LogP contribution is 2.15. The maximum atomic E-state index is 11.8. The number of sulfonamides is 1. The SMILES string of the molecule is CNCCN(C)S(=O)(=O)CC1CCCO1. The van der Waals surface area contributed by atoms with Crippen LogP contribution < -0.4 is 5.32 Å². The molecule has 0 aromatic rings. The van der Waals surface area contributed by atoms with Gasteiger partial charge in [0.15, 0.2) is 0 Å². The van der Waals surface area contributed by atoms with Crippen LogP contribution in [0.15, 0.2) is 0 Å². The lowest BCUT2D eigenvalue weighted by atomic mass is 10.3. The largest absolute Gasteiger partial charge is 0.377 e. The van der Waals surface area contributed by atoms with Crippen LogP contribution in [0.5, 0.6) is 0 Å². The van der Waals surface area contributed by atoms with Gasteiger partial charge in [0.1, 0.15) is 0 Å². The molecular weight excluding hydrogens is 216 g/mol. The Balaban J connectivity index is 2.42. The Morgan fingerprint density at radius 1 is 1.53 bits per heavy atom. The normalized spacial score (nSPS) is 22.5. The van der Waals surface area contributed by atoms with E-state index in [2.05, 4.69) is 5.32 Å². The molecule has 0 aromatic carbocycles. The van der Waals surface area contributed by atoms with Crippen LogP contribution in [0.25, 0.3) is 0 Å². The van der Waals surface area contributed by atoms with E-state index < -0.39 is 10.0 Å². The van der Waals surface area contributed by atoms with E-state index in [0.29, 0.717) is 19.7 Å². The number of ether oxygens (including phenoxy) is 1. The molecule has 1 N–H and O–H groups in total. The van der Waals surface area contributed by atoms with Gasteiger partial charge in [-0.25, -0.2) is 12.7 Å². The van der Waals surface area contributed by atoms with E-state index in [9.17, 15) is 8.42 Å². The molecule has 0 aliphatic carbocycles. The van der Waals surface area contributed by atoms with Gasteiger partial charge in [0.2, 0.25) is 10.0 Å². The first-order chi connectivity index (χ1) is 7.06. The van der Waals surface area contributed by atoms with Gasteiger partial charge in [-0.1, -0.05) is 0 Å². The Bertz CT molecular complexity index is 273. The third-order valence-corrected chi connectivity index (χ3v) is 4.50. The van der Waals surface area contributed by atoms with Crippen LogP contribution in [0.4, 0.5) is 0 Å². The second kappa shape index (κ2) is 5.79. The molecule has 1 aliphatic heterocycles. The molecule has 5 nitrogen and oxygen atoms in total. The fourth-order valence-corrected chi connectivity index (χ4v) is 2.90. The molecule has 1 atom stereocenters. The van der Waals surface area contributed by atoms with Gasteiger partial charge in [-0.15, -0.1) is 0 Å². The number of nitrogens with zero attached hydrogens (tertiary/aromatic N) is 1. The van der Waals surface area contributed by atoms with E-state index >= 15 is 0 Å². The Hall–Kier alpha value is -0.170. The molecule has 0 saturated carbocycles. The summed E-state index contributed by atoms with van der Waals surface area (Å²) in [7, 11) is 0.271. The summed E-state index contributed by atoms with van der Waals surface area (Å²) in [5.74, 6) is 0.118. The fraction of sp³-hybridized carbons (Fsp3) is 1.00. The zero-order valence-electron chi connectivity index (χ0n) is 9.40. The molecule has 90 valence electrons. The molecule has 0 bridgehead atoms. The first-order valence-electron chi connectivity index (χ1n) is 5.26. The first kappa shape index (κ1) is 12.9. The average Bonchev–Trinajstić information content (AvgIpc) is 2.65. The average molecular weight is 236 g/mol. The van der Waals surface area contributed by atoms with E-state index in [0.717, 1.165) is 12.8 Å². The minimum absolute atomic E-state index is 0.105. The molecule has 0 amide bonds. The zero-order chi connectivity index (χ0) is 11.3. The van der Waals surface area contributed by atoms with Crippen molar-refractivity contribution >= 4 is 10.0 Å². The summed E-state index contributed by atoms with van der Waals surface area (Å²) < 4.78 is 30.3. The number of hydrogen-bond acceptors (Lipinski definition) is 4. The van der Waals surface area contributed by atoms with Gasteiger partial charge < -0.3 is 10.1 Å². The van der Waals surface area contributed by atoms with Crippen molar-refractivity contribution in [1.82, 2.24) is 9.62 Å². The van der Waals surface area contributed by atoms with E-state index in [1.807, 2.05) is 0 Å². The molecule has 1 rings (SSSR count). The van der Waals surface area contributed by atoms with Gasteiger partial charge in [0.25, 0.3) is 0 Å². The molecular formula is C9H20N2O3S. The van der Waals surface area contributed by atoms with Crippen LogP contribution in [-0.2, 0) is 14.8 Å². The maximum absolute atomic E-state index is 11.8. The van der Waals surface area contributed by atoms with Crippen LogP contribution in [0.3, 0.4) is 0 Å². The number of likely N-dealkylation sites (N-methyl/N-ethyl adjacent to an activating group) is 2. The Morgan fingerprint density at radius 2 is 2.27 bits per heavy atom. The molecule has 1 saturated heterocycles. The van der Waals surface area contributed by atoms with Crippen LogP contribution in [0.2, 0.25) is 0 Å². The summed E-state index contributed by atoms with van der Waals surface area (Å²) in [6, 6.07) is 0. The summed E-state index contributed by atoms with van der Waals surface area (Å²) in [5, 5.41) is 2.93. The first-order valence-corrected chi connectivity index (χ1v) is 6.87. The lowest BCUT2D eigenvalue weighted by Crippen LogP contribution is -2.37. The summed E-state index contributed by atoms with van der Waals surface area (Å²) in [6.45, 7) is 1.87. The van der Waals surface area contributed by atoms with Crippen molar-refractivity contribution < 1.29 is 13.2 Å². The summed E-state index contributed by atoms with van der Waals surface area (Å²) in [6.07, 6.45) is 1.73. The van der Waals surface area contributed by atoms with E-state index in [4.69, 9.17) is 4.74 Å². The van der Waals surface area contributed by atoms with Gasteiger partial charge in [-0.3, -0.25) is 0 Å². The lowest BCUT2D eigenvalue weighted by molar-refractivity contribution is 0.126. The minimum atomic E-state index is -3.15. The molecule has 0 radical (unpaired) electrons. The van der Waals surface area contributed by atoms with Crippen molar-refractivity contribution in [2.75, 3.05) is 39.5 Å². The number of hydrogen-bond donors (Lipinski definition) is 1. The van der Waals surface area contributed by atoms with Crippen molar-refractivity contribution in [1.29, 1.82) is 0 Å². The molecule has 1 unspecified atom stereocenters. The van der Waals surface area contributed by atoms with Crippen LogP contribution in [0.1, 0.15) is 12.8 Å². The Kier molecular flexibility index (Phi) is 4.98. The molecule has 0 aromatic heterocycles. The predicted octanol–water partition coefficient (Wildman–Crippen LogP) is -0.354. The highest BCUT2D eigenvalue weighted by Gasteiger charge is 2.26. The molecule has 6 heteroatoms. The standard InChI is InChI=1S/C9H20N2O3S/c1-10-5-6-11(2)15(12,13)8-9-4-3-7-14-9/h9-10H,3-8H2,1-2H3. The minimum Gasteiger partial charge on any atom is -0.377 e. The van der Waals surface area contributed by atoms with E-state index in [1.54, 1.807) is 14.1 Å². The van der Waals surface area contributed by atoms with Crippen molar-refractivity contribution in [2.24, 2.45) is 0 Å². The van der Waals surface area contributed by atoms with Gasteiger partial charge in [-0.2, -0.15) is 0 Å². The monoisotopic (exact) mass is 236 g/mol. The molecule has 15 heavy (non-hydrogen) atoms. The van der Waals surface area contributed by atoms with Gasteiger partial charge >= 0.3 is 0 Å². The van der Waals surface area contributed by atoms with Gasteiger partial charge in [0, 0.05) is 26.7 Å². The Labute approximate surface area is 91.8 Å². The third kappa shape index (κ3) is 4.06. The Morgan fingerprint density at radius 3 is 2.80 bits per heavy atom. The maximum Gasteiger partial charge on any atom is 0.216 e.